The summed E-state index contributed by atoms with van der Waals surface area (Å²) in [5.41, 5.74) is 2.46. The van der Waals surface area contributed by atoms with Gasteiger partial charge in [0.25, 0.3) is 0 Å². The molecule has 0 N–H and O–H groups in total. The van der Waals surface area contributed by atoms with Crippen molar-refractivity contribution >= 4 is 5.71 Å². The lowest BCUT2D eigenvalue weighted by Gasteiger charge is -2.14. The van der Waals surface area contributed by atoms with Crippen molar-refractivity contribution in [2.75, 3.05) is 0 Å². The van der Waals surface area contributed by atoms with Gasteiger partial charge in [0.05, 0.1) is 5.71 Å². The van der Waals surface area contributed by atoms with Crippen LogP contribution in [0.5, 0.6) is 0 Å². The molecule has 0 radical (unpaired) electrons. The zero-order valence-corrected chi connectivity index (χ0v) is 8.70. The van der Waals surface area contributed by atoms with E-state index < -0.39 is 0 Å². The fourth-order valence-electron chi connectivity index (χ4n) is 1.70. The first-order valence-corrected chi connectivity index (χ1v) is 4.97. The molecular formula is C13H15N. The van der Waals surface area contributed by atoms with Crippen molar-refractivity contribution in [1.29, 1.82) is 0 Å². The van der Waals surface area contributed by atoms with Gasteiger partial charge in [-0.15, -0.1) is 6.58 Å². The van der Waals surface area contributed by atoms with Crippen molar-refractivity contribution in [2.45, 2.75) is 19.4 Å². The molecule has 0 bridgehead atoms. The van der Waals surface area contributed by atoms with E-state index in [4.69, 9.17) is 0 Å². The minimum atomic E-state index is 0.00308. The van der Waals surface area contributed by atoms with Crippen LogP contribution in [0.25, 0.3) is 0 Å². The van der Waals surface area contributed by atoms with Gasteiger partial charge in [-0.1, -0.05) is 43.3 Å². The predicted octanol–water partition coefficient (Wildman–Crippen LogP) is 3.07. The van der Waals surface area contributed by atoms with E-state index in [0.717, 1.165) is 0 Å². The molecule has 14 heavy (non-hydrogen) atoms. The summed E-state index contributed by atoms with van der Waals surface area (Å²) in [4.78, 5) is 4.57. The third-order valence-corrected chi connectivity index (χ3v) is 3.06. The smallest absolute Gasteiger partial charge is 0.106 e. The molecule has 1 heteroatoms. The summed E-state index contributed by atoms with van der Waals surface area (Å²) in [6, 6.07) is 10.4. The Morgan fingerprint density at radius 3 is 2.57 bits per heavy atom. The van der Waals surface area contributed by atoms with Crippen LogP contribution >= 0.6 is 0 Å². The summed E-state index contributed by atoms with van der Waals surface area (Å²) in [5, 5.41) is 0. The SMILES string of the molecule is C=CC(C)C1(C)N=C1c1ccccc1. The maximum atomic E-state index is 4.57. The Morgan fingerprint density at radius 2 is 2.00 bits per heavy atom. The molecule has 72 valence electrons. The van der Waals surface area contributed by atoms with Gasteiger partial charge < -0.3 is 0 Å². The molecule has 2 atom stereocenters. The first-order valence-electron chi connectivity index (χ1n) is 4.97. The van der Waals surface area contributed by atoms with Crippen LogP contribution < -0.4 is 0 Å². The number of benzene rings is 1. The number of hydrogen-bond acceptors (Lipinski definition) is 1. The van der Waals surface area contributed by atoms with E-state index in [-0.39, 0.29) is 5.54 Å². The van der Waals surface area contributed by atoms with Crippen LogP contribution in [-0.4, -0.2) is 11.3 Å². The van der Waals surface area contributed by atoms with Gasteiger partial charge in [0.15, 0.2) is 0 Å². The van der Waals surface area contributed by atoms with Gasteiger partial charge in [0.1, 0.15) is 5.54 Å². The molecule has 0 fully saturated rings. The van der Waals surface area contributed by atoms with Crippen LogP contribution in [0.3, 0.4) is 0 Å². The third-order valence-electron chi connectivity index (χ3n) is 3.06. The summed E-state index contributed by atoms with van der Waals surface area (Å²) >= 11 is 0. The molecule has 0 spiro atoms. The van der Waals surface area contributed by atoms with E-state index in [1.54, 1.807) is 0 Å². The van der Waals surface area contributed by atoms with E-state index in [9.17, 15) is 0 Å². The van der Waals surface area contributed by atoms with E-state index in [2.05, 4.69) is 49.7 Å². The molecule has 1 heterocycles. The summed E-state index contributed by atoms with van der Waals surface area (Å²) in [5.74, 6) is 0.415. The standard InChI is InChI=1S/C13H15N/c1-4-10(2)13(3)12(14-13)11-8-6-5-7-9-11/h4-10H,1H2,2-3H3. The van der Waals surface area contributed by atoms with Crippen molar-refractivity contribution in [3.05, 3.63) is 48.6 Å². The Bertz CT molecular complexity index is 377. The van der Waals surface area contributed by atoms with Gasteiger partial charge in [0, 0.05) is 5.92 Å². The normalized spacial score (nSPS) is 26.6. The first-order chi connectivity index (χ1) is 6.68. The van der Waals surface area contributed by atoms with Crippen molar-refractivity contribution in [1.82, 2.24) is 0 Å². The molecule has 0 amide bonds. The Labute approximate surface area is 85.2 Å². The Balaban J connectivity index is 2.19. The summed E-state index contributed by atoms with van der Waals surface area (Å²) < 4.78 is 0. The lowest BCUT2D eigenvalue weighted by Crippen LogP contribution is -2.22. The molecule has 1 nitrogen and oxygen atoms in total. The van der Waals surface area contributed by atoms with E-state index in [1.807, 2.05) is 12.1 Å². The highest BCUT2D eigenvalue weighted by Crippen LogP contribution is 2.39. The Kier molecular flexibility index (Phi) is 2.03. The molecule has 0 saturated carbocycles. The van der Waals surface area contributed by atoms with Crippen LogP contribution in [0.15, 0.2) is 48.0 Å². The van der Waals surface area contributed by atoms with Gasteiger partial charge in [-0.2, -0.15) is 0 Å². The zero-order valence-electron chi connectivity index (χ0n) is 8.70. The molecule has 0 aromatic heterocycles. The molecule has 0 aliphatic carbocycles. The Morgan fingerprint density at radius 1 is 1.36 bits per heavy atom. The second-order valence-electron chi connectivity index (χ2n) is 4.00. The highest BCUT2D eigenvalue weighted by atomic mass is 15.0. The van der Waals surface area contributed by atoms with Crippen molar-refractivity contribution in [2.24, 2.45) is 10.9 Å². The minimum absolute atomic E-state index is 0.00308. The van der Waals surface area contributed by atoms with Crippen molar-refractivity contribution in [3.8, 4) is 0 Å². The van der Waals surface area contributed by atoms with E-state index in [1.165, 1.54) is 11.3 Å². The average Bonchev–Trinajstić information content (AvgIpc) is 2.92. The average molecular weight is 185 g/mol. The molecular weight excluding hydrogens is 170 g/mol. The fourth-order valence-corrected chi connectivity index (χ4v) is 1.70. The first kappa shape index (κ1) is 9.20. The van der Waals surface area contributed by atoms with Crippen LogP contribution in [0.1, 0.15) is 19.4 Å². The maximum Gasteiger partial charge on any atom is 0.106 e. The van der Waals surface area contributed by atoms with Crippen molar-refractivity contribution in [3.63, 3.8) is 0 Å². The highest BCUT2D eigenvalue weighted by Gasteiger charge is 2.46. The highest BCUT2D eigenvalue weighted by molar-refractivity contribution is 6.17. The monoisotopic (exact) mass is 185 g/mol. The second-order valence-corrected chi connectivity index (χ2v) is 4.00. The van der Waals surface area contributed by atoms with Crippen LogP contribution in [0, 0.1) is 5.92 Å². The Hall–Kier alpha value is -1.37. The van der Waals surface area contributed by atoms with Gasteiger partial charge in [-0.25, -0.2) is 0 Å². The largest absolute Gasteiger partial charge is 0.273 e. The molecule has 1 aliphatic rings. The number of nitrogens with zero attached hydrogens (tertiary/aromatic N) is 1. The van der Waals surface area contributed by atoms with Crippen LogP contribution in [0.2, 0.25) is 0 Å². The molecule has 1 aromatic rings. The van der Waals surface area contributed by atoms with Crippen molar-refractivity contribution < 1.29 is 0 Å². The van der Waals surface area contributed by atoms with Gasteiger partial charge in [-0.3, -0.25) is 4.99 Å². The van der Waals surface area contributed by atoms with E-state index in [0.29, 0.717) is 5.92 Å². The van der Waals surface area contributed by atoms with Gasteiger partial charge in [-0.05, 0) is 12.5 Å². The topological polar surface area (TPSA) is 12.4 Å². The molecule has 1 aromatic carbocycles. The number of hydrogen-bond donors (Lipinski definition) is 0. The van der Waals surface area contributed by atoms with Gasteiger partial charge >= 0.3 is 0 Å². The minimum Gasteiger partial charge on any atom is -0.273 e. The predicted molar refractivity (Wildman–Crippen MR) is 60.7 cm³/mol. The van der Waals surface area contributed by atoms with Crippen LogP contribution in [0.4, 0.5) is 0 Å². The summed E-state index contributed by atoms with van der Waals surface area (Å²) in [7, 11) is 0. The molecule has 2 unspecified atom stereocenters. The lowest BCUT2D eigenvalue weighted by atomic mass is 9.88. The summed E-state index contributed by atoms with van der Waals surface area (Å²) in [6.45, 7) is 8.15. The quantitative estimate of drug-likeness (QED) is 0.642. The fraction of sp³-hybridized carbons (Fsp3) is 0.308. The number of aliphatic imine (C=N–C) groups is 1. The van der Waals surface area contributed by atoms with Gasteiger partial charge in [0.2, 0.25) is 0 Å². The number of rotatable bonds is 3. The van der Waals surface area contributed by atoms with Crippen LogP contribution in [-0.2, 0) is 0 Å². The summed E-state index contributed by atoms with van der Waals surface area (Å²) in [6.07, 6.45) is 1.97. The third kappa shape index (κ3) is 1.29. The molecule has 0 saturated heterocycles. The zero-order chi connectivity index (χ0) is 10.2. The van der Waals surface area contributed by atoms with E-state index >= 15 is 0 Å². The molecule has 2 rings (SSSR count). The second kappa shape index (κ2) is 3.09. The molecule has 1 aliphatic heterocycles. The maximum absolute atomic E-state index is 4.57. The lowest BCUT2D eigenvalue weighted by molar-refractivity contribution is 0.567.